The third-order valence-electron chi connectivity index (χ3n) is 4.76. The molecule has 2 aromatic heterocycles. The standard InChI is InChI=1S/C24H22N6O2S/c1-17(19-7-6-14-25-15-19)26-27-22(31)16-33-24-29-28-23(18-10-12-21(32-2)13-11-18)30(24)20-8-4-3-5-9-20/h3-15H,16H2,1-2H3,(H,27,31)/b26-17+. The van der Waals surface area contributed by atoms with E-state index in [4.69, 9.17) is 4.74 Å². The van der Waals surface area contributed by atoms with Crippen molar-refractivity contribution in [3.8, 4) is 22.8 Å². The van der Waals surface area contributed by atoms with Gasteiger partial charge in [-0.15, -0.1) is 10.2 Å². The number of nitrogens with one attached hydrogen (secondary N) is 1. The summed E-state index contributed by atoms with van der Waals surface area (Å²) in [6.07, 6.45) is 3.39. The zero-order valence-corrected chi connectivity index (χ0v) is 19.0. The van der Waals surface area contributed by atoms with Gasteiger partial charge in [-0.3, -0.25) is 14.3 Å². The summed E-state index contributed by atoms with van der Waals surface area (Å²) in [5, 5.41) is 13.5. The fourth-order valence-electron chi connectivity index (χ4n) is 3.05. The topological polar surface area (TPSA) is 94.3 Å². The number of para-hydroxylation sites is 1. The minimum atomic E-state index is -0.239. The number of benzene rings is 2. The lowest BCUT2D eigenvalue weighted by molar-refractivity contribution is -0.118. The van der Waals surface area contributed by atoms with Crippen molar-refractivity contribution in [3.05, 3.63) is 84.7 Å². The van der Waals surface area contributed by atoms with Gasteiger partial charge in [-0.05, 0) is 49.4 Å². The average molecular weight is 459 g/mol. The minimum absolute atomic E-state index is 0.136. The van der Waals surface area contributed by atoms with E-state index < -0.39 is 0 Å². The molecule has 2 aromatic carbocycles. The number of aromatic nitrogens is 4. The van der Waals surface area contributed by atoms with E-state index >= 15 is 0 Å². The number of thioether (sulfide) groups is 1. The number of ether oxygens (including phenoxy) is 1. The number of carbonyl (C=O) groups is 1. The van der Waals surface area contributed by atoms with Crippen LogP contribution in [0.15, 0.2) is 89.4 Å². The predicted molar refractivity (Wildman–Crippen MR) is 129 cm³/mol. The minimum Gasteiger partial charge on any atom is -0.497 e. The highest BCUT2D eigenvalue weighted by Crippen LogP contribution is 2.28. The Kier molecular flexibility index (Phi) is 7.11. The molecule has 0 aliphatic rings. The fraction of sp³-hybridized carbons (Fsp3) is 0.125. The van der Waals surface area contributed by atoms with E-state index in [1.807, 2.05) is 78.2 Å². The Labute approximate surface area is 195 Å². The highest BCUT2D eigenvalue weighted by atomic mass is 32.2. The molecular formula is C24H22N6O2S. The van der Waals surface area contributed by atoms with E-state index in [2.05, 4.69) is 25.7 Å². The van der Waals surface area contributed by atoms with Gasteiger partial charge in [0.15, 0.2) is 11.0 Å². The largest absolute Gasteiger partial charge is 0.497 e. The van der Waals surface area contributed by atoms with Gasteiger partial charge in [0.05, 0.1) is 18.6 Å². The monoisotopic (exact) mass is 458 g/mol. The molecule has 0 spiro atoms. The van der Waals surface area contributed by atoms with Crippen LogP contribution in [0.4, 0.5) is 0 Å². The van der Waals surface area contributed by atoms with Crippen LogP contribution >= 0.6 is 11.8 Å². The maximum atomic E-state index is 12.4. The summed E-state index contributed by atoms with van der Waals surface area (Å²) in [4.78, 5) is 16.5. The van der Waals surface area contributed by atoms with Crippen LogP contribution in [0.2, 0.25) is 0 Å². The SMILES string of the molecule is COc1ccc(-c2nnc(SCC(=O)N/N=C(\C)c3cccnc3)n2-c2ccccc2)cc1. The Hall–Kier alpha value is -3.98. The van der Waals surface area contributed by atoms with Crippen molar-refractivity contribution in [2.24, 2.45) is 5.10 Å². The molecule has 166 valence electrons. The molecule has 1 amide bonds. The number of hydrazone groups is 1. The summed E-state index contributed by atoms with van der Waals surface area (Å²) in [5.74, 6) is 1.34. The number of pyridine rings is 1. The van der Waals surface area contributed by atoms with Gasteiger partial charge in [-0.2, -0.15) is 5.10 Å². The molecule has 0 saturated carbocycles. The van der Waals surface area contributed by atoms with E-state index in [-0.39, 0.29) is 11.7 Å². The third-order valence-corrected chi connectivity index (χ3v) is 5.68. The first-order chi connectivity index (χ1) is 16.2. The molecule has 0 radical (unpaired) electrons. The van der Waals surface area contributed by atoms with Crippen LogP contribution in [0.5, 0.6) is 5.75 Å². The van der Waals surface area contributed by atoms with Gasteiger partial charge in [-0.25, -0.2) is 5.43 Å². The van der Waals surface area contributed by atoms with Gasteiger partial charge >= 0.3 is 0 Å². The number of rotatable bonds is 8. The molecule has 0 bridgehead atoms. The van der Waals surface area contributed by atoms with Crippen LogP contribution in [-0.2, 0) is 4.79 Å². The summed E-state index contributed by atoms with van der Waals surface area (Å²) >= 11 is 1.29. The molecule has 9 heteroatoms. The van der Waals surface area contributed by atoms with Crippen molar-refractivity contribution in [2.45, 2.75) is 12.1 Å². The number of hydrogen-bond donors (Lipinski definition) is 1. The molecule has 2 heterocycles. The lowest BCUT2D eigenvalue weighted by Gasteiger charge is -2.10. The Balaban J connectivity index is 1.52. The summed E-state index contributed by atoms with van der Waals surface area (Å²) in [7, 11) is 1.63. The first kappa shape index (κ1) is 22.2. The molecule has 0 fully saturated rings. The second-order valence-electron chi connectivity index (χ2n) is 6.97. The van der Waals surface area contributed by atoms with E-state index in [1.165, 1.54) is 11.8 Å². The Bertz CT molecular complexity index is 1240. The highest BCUT2D eigenvalue weighted by molar-refractivity contribution is 7.99. The molecule has 8 nitrogen and oxygen atoms in total. The zero-order valence-electron chi connectivity index (χ0n) is 18.2. The van der Waals surface area contributed by atoms with Crippen LogP contribution < -0.4 is 10.2 Å². The lowest BCUT2D eigenvalue weighted by atomic mass is 10.2. The molecule has 4 aromatic rings. The number of hydrogen-bond acceptors (Lipinski definition) is 7. The normalized spacial score (nSPS) is 11.3. The maximum absolute atomic E-state index is 12.4. The second kappa shape index (κ2) is 10.6. The van der Waals surface area contributed by atoms with Crippen molar-refractivity contribution in [3.63, 3.8) is 0 Å². The predicted octanol–water partition coefficient (Wildman–Crippen LogP) is 3.97. The summed E-state index contributed by atoms with van der Waals surface area (Å²) in [6, 6.07) is 21.1. The summed E-state index contributed by atoms with van der Waals surface area (Å²) in [6.45, 7) is 1.82. The van der Waals surface area contributed by atoms with Crippen molar-refractivity contribution in [1.29, 1.82) is 0 Å². The molecule has 0 atom stereocenters. The zero-order chi connectivity index (χ0) is 23.0. The second-order valence-corrected chi connectivity index (χ2v) is 7.91. The van der Waals surface area contributed by atoms with E-state index in [1.54, 1.807) is 19.5 Å². The highest BCUT2D eigenvalue weighted by Gasteiger charge is 2.17. The first-order valence-corrected chi connectivity index (χ1v) is 11.2. The molecule has 0 aliphatic carbocycles. The Morgan fingerprint density at radius 1 is 1.06 bits per heavy atom. The van der Waals surface area contributed by atoms with Crippen LogP contribution in [-0.4, -0.2) is 44.2 Å². The molecule has 33 heavy (non-hydrogen) atoms. The molecule has 1 N–H and O–H groups in total. The molecule has 4 rings (SSSR count). The number of carbonyl (C=O) groups excluding carboxylic acids is 1. The smallest absolute Gasteiger partial charge is 0.250 e. The van der Waals surface area contributed by atoms with Crippen molar-refractivity contribution in [2.75, 3.05) is 12.9 Å². The number of amides is 1. The summed E-state index contributed by atoms with van der Waals surface area (Å²) < 4.78 is 7.19. The maximum Gasteiger partial charge on any atom is 0.250 e. The van der Waals surface area contributed by atoms with E-state index in [9.17, 15) is 4.79 Å². The Morgan fingerprint density at radius 3 is 2.55 bits per heavy atom. The molecular weight excluding hydrogens is 436 g/mol. The van der Waals surface area contributed by atoms with Gasteiger partial charge in [-0.1, -0.05) is 36.0 Å². The number of methoxy groups -OCH3 is 1. The average Bonchev–Trinajstić information content (AvgIpc) is 3.31. The Morgan fingerprint density at radius 2 is 1.85 bits per heavy atom. The van der Waals surface area contributed by atoms with Crippen molar-refractivity contribution < 1.29 is 9.53 Å². The molecule has 0 aliphatic heterocycles. The fourth-order valence-corrected chi connectivity index (χ4v) is 3.79. The first-order valence-electron chi connectivity index (χ1n) is 10.2. The van der Waals surface area contributed by atoms with E-state index in [0.29, 0.717) is 16.7 Å². The van der Waals surface area contributed by atoms with Crippen LogP contribution in [0.25, 0.3) is 17.1 Å². The van der Waals surface area contributed by atoms with Gasteiger partial charge in [0.25, 0.3) is 5.91 Å². The number of nitrogens with zero attached hydrogens (tertiary/aromatic N) is 5. The van der Waals surface area contributed by atoms with Gasteiger partial charge < -0.3 is 4.74 Å². The van der Waals surface area contributed by atoms with Crippen molar-refractivity contribution >= 4 is 23.4 Å². The summed E-state index contributed by atoms with van der Waals surface area (Å²) in [5.41, 5.74) is 5.91. The quantitative estimate of drug-likeness (QED) is 0.244. The van der Waals surface area contributed by atoms with Crippen LogP contribution in [0, 0.1) is 0 Å². The third kappa shape index (κ3) is 5.45. The van der Waals surface area contributed by atoms with E-state index in [0.717, 1.165) is 22.6 Å². The van der Waals surface area contributed by atoms with Gasteiger partial charge in [0, 0.05) is 29.2 Å². The lowest BCUT2D eigenvalue weighted by Crippen LogP contribution is -2.21. The van der Waals surface area contributed by atoms with Crippen molar-refractivity contribution in [1.82, 2.24) is 25.2 Å². The molecule has 0 saturated heterocycles. The molecule has 0 unspecified atom stereocenters. The van der Waals surface area contributed by atoms with Crippen LogP contribution in [0.3, 0.4) is 0 Å². The van der Waals surface area contributed by atoms with Gasteiger partial charge in [0.2, 0.25) is 0 Å². The van der Waals surface area contributed by atoms with Gasteiger partial charge in [0.1, 0.15) is 5.75 Å². The van der Waals surface area contributed by atoms with Crippen LogP contribution in [0.1, 0.15) is 12.5 Å².